The average Bonchev–Trinajstić information content (AvgIpc) is 2.22. The summed E-state index contributed by atoms with van der Waals surface area (Å²) >= 11 is 0. The van der Waals surface area contributed by atoms with Crippen LogP contribution in [0, 0.1) is 5.41 Å². The first-order valence-electron chi connectivity index (χ1n) is 4.51. The topological polar surface area (TPSA) is 79.4 Å². The molecule has 6 heteroatoms. The van der Waals surface area contributed by atoms with Gasteiger partial charge in [-0.3, -0.25) is 5.41 Å². The molecule has 3 N–H and O–H groups in total. The maximum atomic E-state index is 11.4. The normalized spacial score (nSPS) is 8.81. The highest BCUT2D eigenvalue weighted by molar-refractivity contribution is 6.04. The van der Waals surface area contributed by atoms with Crippen LogP contribution in [-0.4, -0.2) is 19.0 Å². The van der Waals surface area contributed by atoms with Crippen LogP contribution in [0.4, 0.5) is 16.2 Å². The number of carbonyl (C=O) groups is 1. The molecule has 0 unspecified atom stereocenters. The zero-order valence-electron chi connectivity index (χ0n) is 8.84. The lowest BCUT2D eigenvalue weighted by Gasteiger charge is -2.16. The quantitative estimate of drug-likeness (QED) is 0.486. The van der Waals surface area contributed by atoms with Gasteiger partial charge in [0.2, 0.25) is 0 Å². The van der Waals surface area contributed by atoms with Gasteiger partial charge in [-0.1, -0.05) is 0 Å². The summed E-state index contributed by atoms with van der Waals surface area (Å²) in [6.45, 7) is 1.99. The van der Waals surface area contributed by atoms with Gasteiger partial charge in [0.05, 0.1) is 18.6 Å². The van der Waals surface area contributed by atoms with Crippen molar-refractivity contribution >= 4 is 36.2 Å². The van der Waals surface area contributed by atoms with E-state index >= 15 is 0 Å². The van der Waals surface area contributed by atoms with E-state index in [1.807, 2.05) is 0 Å². The molecule has 88 valence electrons. The Morgan fingerprint density at radius 2 is 2.06 bits per heavy atom. The number of hydrogen-bond acceptors (Lipinski definition) is 4. The molecule has 0 atom stereocenters. The van der Waals surface area contributed by atoms with Crippen molar-refractivity contribution < 1.29 is 9.53 Å². The molecule has 1 amide bonds. The van der Waals surface area contributed by atoms with Gasteiger partial charge in [0.15, 0.2) is 0 Å². The van der Waals surface area contributed by atoms with Gasteiger partial charge in [-0.2, -0.15) is 0 Å². The Bertz CT molecular complexity index is 354. The van der Waals surface area contributed by atoms with Crippen LogP contribution in [0.15, 0.2) is 24.3 Å². The fourth-order valence-electron chi connectivity index (χ4n) is 1.06. The van der Waals surface area contributed by atoms with Crippen molar-refractivity contribution in [2.75, 3.05) is 17.2 Å². The summed E-state index contributed by atoms with van der Waals surface area (Å²) in [4.78, 5) is 12.5. The number of hydrogen-bond donors (Lipinski definition) is 2. The van der Waals surface area contributed by atoms with Crippen LogP contribution in [0.2, 0.25) is 0 Å². The monoisotopic (exact) mass is 243 g/mol. The number of nitrogens with two attached hydrogens (primary N) is 1. The smallest absolute Gasteiger partial charge is 0.419 e. The Balaban J connectivity index is 0.00000225. The number of halogens is 1. The van der Waals surface area contributed by atoms with Crippen molar-refractivity contribution in [1.29, 1.82) is 5.41 Å². The van der Waals surface area contributed by atoms with Crippen LogP contribution >= 0.6 is 12.4 Å². The summed E-state index contributed by atoms with van der Waals surface area (Å²) < 4.78 is 4.78. The number of rotatable bonds is 3. The van der Waals surface area contributed by atoms with E-state index in [2.05, 4.69) is 0 Å². The fraction of sp³-hybridized carbons (Fsp3) is 0.200. The van der Waals surface area contributed by atoms with Gasteiger partial charge in [-0.15, -0.1) is 12.4 Å². The van der Waals surface area contributed by atoms with E-state index in [9.17, 15) is 4.79 Å². The highest BCUT2D eigenvalue weighted by Gasteiger charge is 2.13. The van der Waals surface area contributed by atoms with E-state index in [1.54, 1.807) is 31.2 Å². The molecule has 0 saturated heterocycles. The number of carbonyl (C=O) groups excluding carboxylic acids is 1. The van der Waals surface area contributed by atoms with Crippen LogP contribution < -0.4 is 10.6 Å². The van der Waals surface area contributed by atoms with E-state index in [0.717, 1.165) is 11.2 Å². The highest BCUT2D eigenvalue weighted by Crippen LogP contribution is 2.15. The van der Waals surface area contributed by atoms with Gasteiger partial charge in [-0.05, 0) is 31.2 Å². The summed E-state index contributed by atoms with van der Waals surface area (Å²) in [6, 6.07) is 6.62. The summed E-state index contributed by atoms with van der Waals surface area (Å²) in [5.74, 6) is 0. The van der Waals surface area contributed by atoms with E-state index < -0.39 is 6.09 Å². The number of nitrogens with zero attached hydrogens (tertiary/aromatic N) is 1. The number of ether oxygens (including phenoxy) is 1. The second-order valence-electron chi connectivity index (χ2n) is 2.79. The molecule has 5 nitrogen and oxygen atoms in total. The van der Waals surface area contributed by atoms with Gasteiger partial charge < -0.3 is 10.5 Å². The molecule has 1 rings (SSSR count). The minimum Gasteiger partial charge on any atom is -0.449 e. The van der Waals surface area contributed by atoms with Crippen molar-refractivity contribution in [3.63, 3.8) is 0 Å². The highest BCUT2D eigenvalue weighted by atomic mass is 35.5. The number of nitrogen functional groups attached to an aromatic ring is 1. The molecule has 0 aliphatic heterocycles. The predicted octanol–water partition coefficient (Wildman–Crippen LogP) is 2.26. The van der Waals surface area contributed by atoms with Gasteiger partial charge in [0.25, 0.3) is 0 Å². The van der Waals surface area contributed by atoms with Crippen molar-refractivity contribution in [1.82, 2.24) is 0 Å². The largest absolute Gasteiger partial charge is 0.449 e. The molecule has 16 heavy (non-hydrogen) atoms. The molecule has 1 aromatic carbocycles. The van der Waals surface area contributed by atoms with E-state index in [0.29, 0.717) is 11.4 Å². The molecule has 1 aromatic rings. The number of nitrogens with one attached hydrogen (secondary N) is 1. The van der Waals surface area contributed by atoms with E-state index in [-0.39, 0.29) is 19.0 Å². The molecule has 0 fully saturated rings. The second kappa shape index (κ2) is 6.68. The predicted molar refractivity (Wildman–Crippen MR) is 66.4 cm³/mol. The van der Waals surface area contributed by atoms with E-state index in [4.69, 9.17) is 15.9 Å². The van der Waals surface area contributed by atoms with Crippen molar-refractivity contribution in [2.24, 2.45) is 0 Å². The Kier molecular flexibility index (Phi) is 5.95. The average molecular weight is 244 g/mol. The van der Waals surface area contributed by atoms with Crippen molar-refractivity contribution in [2.45, 2.75) is 6.92 Å². The van der Waals surface area contributed by atoms with Crippen LogP contribution in [0.1, 0.15) is 6.92 Å². The first-order chi connectivity index (χ1) is 7.19. The third-order valence-electron chi connectivity index (χ3n) is 1.76. The summed E-state index contributed by atoms with van der Waals surface area (Å²) in [7, 11) is 0. The number of amides is 1. The Hall–Kier alpha value is -1.75. The lowest BCUT2D eigenvalue weighted by Crippen LogP contribution is -2.29. The molecule has 0 aliphatic rings. The SMILES string of the molecule is CCOC(=O)N(C=N)c1ccc(N)cc1.Cl. The van der Waals surface area contributed by atoms with Gasteiger partial charge in [0.1, 0.15) is 0 Å². The molecule has 0 spiro atoms. The number of anilines is 2. The van der Waals surface area contributed by atoms with Crippen LogP contribution in [0.25, 0.3) is 0 Å². The van der Waals surface area contributed by atoms with Crippen LogP contribution in [0.5, 0.6) is 0 Å². The molecular weight excluding hydrogens is 230 g/mol. The summed E-state index contributed by atoms with van der Waals surface area (Å²) in [5.41, 5.74) is 6.67. The molecule has 0 bridgehead atoms. The minimum atomic E-state index is -0.572. The number of benzene rings is 1. The lowest BCUT2D eigenvalue weighted by molar-refractivity contribution is 0.163. The zero-order chi connectivity index (χ0) is 11.3. The van der Waals surface area contributed by atoms with Gasteiger partial charge >= 0.3 is 6.09 Å². The summed E-state index contributed by atoms with van der Waals surface area (Å²) in [5, 5.41) is 7.13. The fourth-order valence-corrected chi connectivity index (χ4v) is 1.06. The Labute approximate surface area is 100 Å². The summed E-state index contributed by atoms with van der Waals surface area (Å²) in [6.07, 6.45) is 0.334. The minimum absolute atomic E-state index is 0. The first-order valence-corrected chi connectivity index (χ1v) is 4.51. The molecule has 0 aromatic heterocycles. The maximum absolute atomic E-state index is 11.4. The van der Waals surface area contributed by atoms with Gasteiger partial charge in [-0.25, -0.2) is 9.69 Å². The second-order valence-corrected chi connectivity index (χ2v) is 2.79. The molecular formula is C10H14ClN3O2. The van der Waals surface area contributed by atoms with Crippen LogP contribution in [-0.2, 0) is 4.74 Å². The third-order valence-corrected chi connectivity index (χ3v) is 1.76. The third kappa shape index (κ3) is 3.43. The van der Waals surface area contributed by atoms with Crippen molar-refractivity contribution in [3.05, 3.63) is 24.3 Å². The van der Waals surface area contributed by atoms with Crippen LogP contribution in [0.3, 0.4) is 0 Å². The molecule has 0 heterocycles. The first kappa shape index (κ1) is 14.2. The molecule has 0 aliphatic carbocycles. The molecule has 0 radical (unpaired) electrons. The van der Waals surface area contributed by atoms with E-state index in [1.165, 1.54) is 0 Å². The Morgan fingerprint density at radius 3 is 2.50 bits per heavy atom. The maximum Gasteiger partial charge on any atom is 0.419 e. The lowest BCUT2D eigenvalue weighted by atomic mass is 10.3. The van der Waals surface area contributed by atoms with Crippen molar-refractivity contribution in [3.8, 4) is 0 Å². The molecule has 0 saturated carbocycles. The zero-order valence-corrected chi connectivity index (χ0v) is 9.66. The van der Waals surface area contributed by atoms with Gasteiger partial charge in [0, 0.05) is 5.69 Å². The Morgan fingerprint density at radius 1 is 1.50 bits per heavy atom. The standard InChI is InChI=1S/C10H13N3O2.ClH/c1-2-15-10(14)13(7-11)9-5-3-8(12)4-6-9;/h3-7,11H,2,12H2,1H3;1H.